The second-order valence-electron chi connectivity index (χ2n) is 2.62. The lowest BCUT2D eigenvalue weighted by Crippen LogP contribution is -2.13. The van der Waals surface area contributed by atoms with Gasteiger partial charge in [-0.25, -0.2) is 4.98 Å². The van der Waals surface area contributed by atoms with Crippen LogP contribution in [0.5, 0.6) is 0 Å². The minimum Gasteiger partial charge on any atom is -0.322 e. The summed E-state index contributed by atoms with van der Waals surface area (Å²) in [5.41, 5.74) is 9.56. The summed E-state index contributed by atoms with van der Waals surface area (Å²) >= 11 is 2.90. The number of thiazole rings is 1. The van der Waals surface area contributed by atoms with Crippen molar-refractivity contribution in [2.24, 2.45) is 5.73 Å². The molecule has 2 aromatic rings. The monoisotopic (exact) mass is 212 g/mol. The van der Waals surface area contributed by atoms with E-state index in [0.29, 0.717) is 6.42 Å². The summed E-state index contributed by atoms with van der Waals surface area (Å²) in [6, 6.07) is -0.0600. The Morgan fingerprint density at radius 2 is 2.38 bits per heavy atom. The first kappa shape index (κ1) is 8.74. The van der Waals surface area contributed by atoms with Gasteiger partial charge in [0.25, 0.3) is 0 Å². The highest BCUT2D eigenvalue weighted by molar-refractivity contribution is 7.07. The van der Waals surface area contributed by atoms with Gasteiger partial charge in [-0.3, -0.25) is 0 Å². The Balaban J connectivity index is 2.04. The lowest BCUT2D eigenvalue weighted by molar-refractivity contribution is 0.686. The van der Waals surface area contributed by atoms with Crippen LogP contribution in [0.2, 0.25) is 0 Å². The normalized spacial score (nSPS) is 13.0. The molecule has 0 saturated heterocycles. The van der Waals surface area contributed by atoms with E-state index in [9.17, 15) is 0 Å². The molecule has 4 nitrogen and oxygen atoms in total. The zero-order valence-electron chi connectivity index (χ0n) is 6.75. The van der Waals surface area contributed by atoms with Crippen LogP contribution in [0.4, 0.5) is 0 Å². The van der Waals surface area contributed by atoms with Crippen LogP contribution in [-0.2, 0) is 6.42 Å². The third kappa shape index (κ3) is 2.09. The largest absolute Gasteiger partial charge is 0.322 e. The Morgan fingerprint density at radius 3 is 3.00 bits per heavy atom. The topological polar surface area (TPSA) is 64.7 Å². The highest BCUT2D eigenvalue weighted by Crippen LogP contribution is 2.14. The highest BCUT2D eigenvalue weighted by Gasteiger charge is 2.10. The molecule has 0 aliphatic rings. The van der Waals surface area contributed by atoms with E-state index in [1.807, 2.05) is 10.8 Å². The number of nitrogens with two attached hydrogens (primary N) is 1. The first-order valence-corrected chi connectivity index (χ1v) is 5.54. The van der Waals surface area contributed by atoms with Crippen molar-refractivity contribution in [1.82, 2.24) is 14.6 Å². The van der Waals surface area contributed by atoms with E-state index in [4.69, 9.17) is 5.73 Å². The predicted octanol–water partition coefficient (Wildman–Crippen LogP) is 1.24. The van der Waals surface area contributed by atoms with Crippen molar-refractivity contribution >= 4 is 22.9 Å². The van der Waals surface area contributed by atoms with Crippen LogP contribution in [0, 0.1) is 0 Å². The molecule has 1 atom stereocenters. The minimum atomic E-state index is -0.0600. The van der Waals surface area contributed by atoms with Gasteiger partial charge in [-0.2, -0.15) is 0 Å². The molecule has 2 N–H and O–H groups in total. The van der Waals surface area contributed by atoms with Crippen molar-refractivity contribution < 1.29 is 0 Å². The van der Waals surface area contributed by atoms with Crippen LogP contribution in [-0.4, -0.2) is 14.6 Å². The first-order chi connectivity index (χ1) is 6.36. The zero-order chi connectivity index (χ0) is 9.10. The lowest BCUT2D eigenvalue weighted by Gasteiger charge is -2.04. The summed E-state index contributed by atoms with van der Waals surface area (Å²) in [5.74, 6) is 0. The van der Waals surface area contributed by atoms with Crippen molar-refractivity contribution in [2.75, 3.05) is 0 Å². The van der Waals surface area contributed by atoms with Gasteiger partial charge < -0.3 is 5.73 Å². The SMILES string of the molecule is NC(Cc1csnn1)c1cscn1. The summed E-state index contributed by atoms with van der Waals surface area (Å²) in [4.78, 5) is 4.15. The van der Waals surface area contributed by atoms with Gasteiger partial charge in [0.2, 0.25) is 0 Å². The standard InChI is InChI=1S/C7H8N4S2/c8-6(7-3-12-4-9-7)1-5-2-13-11-10-5/h2-4,6H,1,8H2. The molecule has 1 unspecified atom stereocenters. The molecule has 0 fully saturated rings. The molecule has 0 aliphatic carbocycles. The minimum absolute atomic E-state index is 0.0600. The Morgan fingerprint density at radius 1 is 1.46 bits per heavy atom. The Hall–Kier alpha value is -0.850. The van der Waals surface area contributed by atoms with Gasteiger partial charge in [0.05, 0.1) is 22.9 Å². The van der Waals surface area contributed by atoms with E-state index in [1.54, 1.807) is 16.8 Å². The van der Waals surface area contributed by atoms with Gasteiger partial charge in [-0.15, -0.1) is 16.4 Å². The fourth-order valence-corrected chi connectivity index (χ4v) is 2.09. The van der Waals surface area contributed by atoms with Crippen molar-refractivity contribution in [3.05, 3.63) is 27.7 Å². The molecule has 2 heterocycles. The van der Waals surface area contributed by atoms with Crippen LogP contribution in [0.1, 0.15) is 17.4 Å². The van der Waals surface area contributed by atoms with E-state index in [2.05, 4.69) is 14.6 Å². The van der Waals surface area contributed by atoms with Crippen molar-refractivity contribution in [2.45, 2.75) is 12.5 Å². The molecule has 13 heavy (non-hydrogen) atoms. The molecule has 0 spiro atoms. The van der Waals surface area contributed by atoms with E-state index in [-0.39, 0.29) is 6.04 Å². The van der Waals surface area contributed by atoms with Crippen LogP contribution < -0.4 is 5.73 Å². The summed E-state index contributed by atoms with van der Waals surface area (Å²) in [6.45, 7) is 0. The van der Waals surface area contributed by atoms with E-state index >= 15 is 0 Å². The molecular formula is C7H8N4S2. The summed E-state index contributed by atoms with van der Waals surface area (Å²) < 4.78 is 3.77. The molecule has 0 bridgehead atoms. The van der Waals surface area contributed by atoms with Crippen molar-refractivity contribution in [3.8, 4) is 0 Å². The average molecular weight is 212 g/mol. The first-order valence-electron chi connectivity index (χ1n) is 3.76. The van der Waals surface area contributed by atoms with Crippen LogP contribution >= 0.6 is 22.9 Å². The third-order valence-corrected chi connectivity index (χ3v) is 2.82. The number of hydrogen-bond acceptors (Lipinski definition) is 6. The average Bonchev–Trinajstić information content (AvgIpc) is 2.74. The fourth-order valence-electron chi connectivity index (χ4n) is 1.01. The number of nitrogens with zero attached hydrogens (tertiary/aromatic N) is 3. The highest BCUT2D eigenvalue weighted by atomic mass is 32.1. The predicted molar refractivity (Wildman–Crippen MR) is 52.7 cm³/mol. The van der Waals surface area contributed by atoms with Crippen LogP contribution in [0.15, 0.2) is 16.3 Å². The van der Waals surface area contributed by atoms with Gasteiger partial charge in [0.15, 0.2) is 0 Å². The Labute approximate surface area is 83.6 Å². The summed E-state index contributed by atoms with van der Waals surface area (Å²) in [6.07, 6.45) is 0.709. The third-order valence-electron chi connectivity index (χ3n) is 1.67. The molecule has 2 aromatic heterocycles. The number of rotatable bonds is 3. The van der Waals surface area contributed by atoms with Gasteiger partial charge in [-0.05, 0) is 11.5 Å². The molecule has 0 amide bonds. The quantitative estimate of drug-likeness (QED) is 0.831. The van der Waals surface area contributed by atoms with Gasteiger partial charge in [0, 0.05) is 17.2 Å². The van der Waals surface area contributed by atoms with E-state index in [0.717, 1.165) is 11.4 Å². The Bertz CT molecular complexity index is 342. The molecule has 68 valence electrons. The molecule has 2 rings (SSSR count). The van der Waals surface area contributed by atoms with Gasteiger partial charge in [-0.1, -0.05) is 4.49 Å². The smallest absolute Gasteiger partial charge is 0.0795 e. The number of hydrogen-bond donors (Lipinski definition) is 1. The molecule has 0 aromatic carbocycles. The second kappa shape index (κ2) is 3.91. The summed E-state index contributed by atoms with van der Waals surface area (Å²) in [7, 11) is 0. The lowest BCUT2D eigenvalue weighted by atomic mass is 10.1. The Kier molecular flexibility index (Phi) is 2.62. The molecule has 0 aliphatic heterocycles. The van der Waals surface area contributed by atoms with Crippen molar-refractivity contribution in [3.63, 3.8) is 0 Å². The maximum atomic E-state index is 5.91. The maximum Gasteiger partial charge on any atom is 0.0795 e. The van der Waals surface area contributed by atoms with Crippen LogP contribution in [0.25, 0.3) is 0 Å². The van der Waals surface area contributed by atoms with Crippen LogP contribution in [0.3, 0.4) is 0 Å². The summed E-state index contributed by atoms with van der Waals surface area (Å²) in [5, 5.41) is 7.80. The van der Waals surface area contributed by atoms with E-state index < -0.39 is 0 Å². The number of aromatic nitrogens is 3. The van der Waals surface area contributed by atoms with Crippen molar-refractivity contribution in [1.29, 1.82) is 0 Å². The fraction of sp³-hybridized carbons (Fsp3) is 0.286. The molecule has 6 heteroatoms. The molecular weight excluding hydrogens is 204 g/mol. The molecule has 0 radical (unpaired) electrons. The zero-order valence-corrected chi connectivity index (χ0v) is 8.38. The maximum absolute atomic E-state index is 5.91. The van der Waals surface area contributed by atoms with Gasteiger partial charge >= 0.3 is 0 Å². The second-order valence-corrected chi connectivity index (χ2v) is 3.95. The van der Waals surface area contributed by atoms with E-state index in [1.165, 1.54) is 11.5 Å². The van der Waals surface area contributed by atoms with Gasteiger partial charge in [0.1, 0.15) is 0 Å². The molecule has 0 saturated carbocycles.